The fraction of sp³-hybridized carbons (Fsp3) is 0.364. The van der Waals surface area contributed by atoms with Crippen molar-refractivity contribution in [2.45, 2.75) is 19.9 Å². The minimum atomic E-state index is -0.533. The van der Waals surface area contributed by atoms with Crippen molar-refractivity contribution in [3.05, 3.63) is 29.6 Å². The number of carbonyl (C=O) groups is 1. The molecule has 0 spiro atoms. The Labute approximate surface area is 88.2 Å². The maximum Gasteiger partial charge on any atom is 0.251 e. The Balaban J connectivity index is 2.87. The average molecular weight is 211 g/mol. The van der Waals surface area contributed by atoms with Gasteiger partial charge in [-0.05, 0) is 32.0 Å². The van der Waals surface area contributed by atoms with Crippen LogP contribution in [-0.2, 0) is 0 Å². The van der Waals surface area contributed by atoms with E-state index in [9.17, 15) is 9.18 Å². The molecule has 3 nitrogen and oxygen atoms in total. The van der Waals surface area contributed by atoms with Gasteiger partial charge in [0.25, 0.3) is 5.91 Å². The van der Waals surface area contributed by atoms with E-state index in [4.69, 9.17) is 4.74 Å². The van der Waals surface area contributed by atoms with Gasteiger partial charge in [0.05, 0.1) is 7.11 Å². The van der Waals surface area contributed by atoms with Crippen LogP contribution in [0.1, 0.15) is 24.2 Å². The Kier molecular flexibility index (Phi) is 3.66. The zero-order valence-corrected chi connectivity index (χ0v) is 9.00. The van der Waals surface area contributed by atoms with Crippen molar-refractivity contribution in [2.75, 3.05) is 7.11 Å². The number of hydrogen-bond donors (Lipinski definition) is 1. The van der Waals surface area contributed by atoms with Crippen molar-refractivity contribution < 1.29 is 13.9 Å². The molecule has 1 N–H and O–H groups in total. The van der Waals surface area contributed by atoms with Gasteiger partial charge < -0.3 is 10.1 Å². The molecule has 15 heavy (non-hydrogen) atoms. The highest BCUT2D eigenvalue weighted by molar-refractivity contribution is 5.94. The van der Waals surface area contributed by atoms with Crippen LogP contribution in [0.5, 0.6) is 5.75 Å². The zero-order chi connectivity index (χ0) is 11.4. The van der Waals surface area contributed by atoms with Gasteiger partial charge in [-0.2, -0.15) is 0 Å². The average Bonchev–Trinajstić information content (AvgIpc) is 2.16. The van der Waals surface area contributed by atoms with Crippen LogP contribution in [0.25, 0.3) is 0 Å². The number of halogens is 1. The Morgan fingerprint density at radius 3 is 2.60 bits per heavy atom. The highest BCUT2D eigenvalue weighted by Crippen LogP contribution is 2.17. The lowest BCUT2D eigenvalue weighted by atomic mass is 10.2. The van der Waals surface area contributed by atoms with E-state index >= 15 is 0 Å². The van der Waals surface area contributed by atoms with Crippen molar-refractivity contribution in [3.63, 3.8) is 0 Å². The molecule has 4 heteroatoms. The first-order valence-electron chi connectivity index (χ1n) is 4.69. The molecule has 82 valence electrons. The SMILES string of the molecule is COc1ccc(C(=O)NC(C)C)cc1F. The van der Waals surface area contributed by atoms with Gasteiger partial charge in [-0.25, -0.2) is 4.39 Å². The second-order valence-corrected chi connectivity index (χ2v) is 3.48. The van der Waals surface area contributed by atoms with Crippen molar-refractivity contribution in [2.24, 2.45) is 0 Å². The summed E-state index contributed by atoms with van der Waals surface area (Å²) in [5, 5.41) is 2.68. The summed E-state index contributed by atoms with van der Waals surface area (Å²) in [6.07, 6.45) is 0. The van der Waals surface area contributed by atoms with E-state index in [-0.39, 0.29) is 17.7 Å². The molecule has 0 saturated carbocycles. The highest BCUT2D eigenvalue weighted by atomic mass is 19.1. The normalized spacial score (nSPS) is 10.2. The predicted octanol–water partition coefficient (Wildman–Crippen LogP) is 1.97. The third-order valence-corrected chi connectivity index (χ3v) is 1.83. The topological polar surface area (TPSA) is 38.3 Å². The molecule has 0 bridgehead atoms. The summed E-state index contributed by atoms with van der Waals surface area (Å²) in [5.41, 5.74) is 0.294. The van der Waals surface area contributed by atoms with E-state index in [0.717, 1.165) is 6.07 Å². The van der Waals surface area contributed by atoms with Crippen LogP contribution in [-0.4, -0.2) is 19.1 Å². The molecule has 1 aromatic rings. The molecule has 0 atom stereocenters. The maximum absolute atomic E-state index is 13.2. The van der Waals surface area contributed by atoms with Gasteiger partial charge in [-0.1, -0.05) is 0 Å². The summed E-state index contributed by atoms with van der Waals surface area (Å²) in [5.74, 6) is -0.684. The standard InChI is InChI=1S/C11H14FNO2/c1-7(2)13-11(14)8-4-5-10(15-3)9(12)6-8/h4-7H,1-3H3,(H,13,14). The third-order valence-electron chi connectivity index (χ3n) is 1.83. The van der Waals surface area contributed by atoms with Crippen molar-refractivity contribution in [1.82, 2.24) is 5.32 Å². The van der Waals surface area contributed by atoms with Gasteiger partial charge in [-0.3, -0.25) is 4.79 Å². The molecule has 0 aliphatic heterocycles. The first-order chi connectivity index (χ1) is 7.04. The number of rotatable bonds is 3. The maximum atomic E-state index is 13.2. The highest BCUT2D eigenvalue weighted by Gasteiger charge is 2.10. The van der Waals surface area contributed by atoms with E-state index in [2.05, 4.69) is 5.32 Å². The van der Waals surface area contributed by atoms with Crippen molar-refractivity contribution >= 4 is 5.91 Å². The van der Waals surface area contributed by atoms with Gasteiger partial charge in [0.2, 0.25) is 0 Å². The van der Waals surface area contributed by atoms with Crippen LogP contribution in [0.4, 0.5) is 4.39 Å². The summed E-state index contributed by atoms with van der Waals surface area (Å²) < 4.78 is 18.0. The molecule has 1 rings (SSSR count). The Morgan fingerprint density at radius 2 is 2.13 bits per heavy atom. The fourth-order valence-electron chi connectivity index (χ4n) is 1.15. The van der Waals surface area contributed by atoms with Crippen LogP contribution < -0.4 is 10.1 Å². The molecule has 0 aromatic heterocycles. The minimum Gasteiger partial charge on any atom is -0.494 e. The first-order valence-corrected chi connectivity index (χ1v) is 4.69. The number of amides is 1. The summed E-state index contributed by atoms with van der Waals surface area (Å²) in [6.45, 7) is 3.69. The van der Waals surface area contributed by atoms with E-state index in [1.807, 2.05) is 13.8 Å². The van der Waals surface area contributed by atoms with E-state index in [1.165, 1.54) is 19.2 Å². The van der Waals surface area contributed by atoms with Gasteiger partial charge in [0.1, 0.15) is 0 Å². The van der Waals surface area contributed by atoms with Gasteiger partial charge >= 0.3 is 0 Å². The second-order valence-electron chi connectivity index (χ2n) is 3.48. The van der Waals surface area contributed by atoms with Crippen LogP contribution >= 0.6 is 0 Å². The predicted molar refractivity (Wildman–Crippen MR) is 55.6 cm³/mol. The second kappa shape index (κ2) is 4.77. The van der Waals surface area contributed by atoms with Crippen LogP contribution in [0.2, 0.25) is 0 Å². The lowest BCUT2D eigenvalue weighted by Crippen LogP contribution is -2.30. The third kappa shape index (κ3) is 2.94. The molecular formula is C11H14FNO2. The van der Waals surface area contributed by atoms with E-state index < -0.39 is 5.82 Å². The quantitative estimate of drug-likeness (QED) is 0.830. The Bertz CT molecular complexity index is 364. The monoisotopic (exact) mass is 211 g/mol. The smallest absolute Gasteiger partial charge is 0.251 e. The van der Waals surface area contributed by atoms with Crippen LogP contribution in [0.3, 0.4) is 0 Å². The molecule has 0 aliphatic rings. The number of benzene rings is 1. The van der Waals surface area contributed by atoms with Gasteiger partial charge in [0.15, 0.2) is 11.6 Å². The molecule has 0 saturated heterocycles. The Hall–Kier alpha value is -1.58. The number of nitrogens with one attached hydrogen (secondary N) is 1. The fourth-order valence-corrected chi connectivity index (χ4v) is 1.15. The number of methoxy groups -OCH3 is 1. The number of ether oxygens (including phenoxy) is 1. The molecule has 0 heterocycles. The summed E-state index contributed by atoms with van der Waals surface area (Å²) in [4.78, 5) is 11.5. The lowest BCUT2D eigenvalue weighted by molar-refractivity contribution is 0.0942. The molecule has 1 amide bonds. The number of hydrogen-bond acceptors (Lipinski definition) is 2. The molecule has 0 radical (unpaired) electrons. The summed E-state index contributed by atoms with van der Waals surface area (Å²) in [6, 6.07) is 4.16. The van der Waals surface area contributed by atoms with E-state index in [0.29, 0.717) is 5.56 Å². The van der Waals surface area contributed by atoms with Crippen LogP contribution in [0, 0.1) is 5.82 Å². The van der Waals surface area contributed by atoms with Crippen molar-refractivity contribution in [1.29, 1.82) is 0 Å². The largest absolute Gasteiger partial charge is 0.494 e. The Morgan fingerprint density at radius 1 is 1.47 bits per heavy atom. The van der Waals surface area contributed by atoms with Gasteiger partial charge in [-0.15, -0.1) is 0 Å². The van der Waals surface area contributed by atoms with E-state index in [1.54, 1.807) is 0 Å². The molecule has 0 fully saturated rings. The molecule has 0 aliphatic carbocycles. The first kappa shape index (κ1) is 11.5. The molecular weight excluding hydrogens is 197 g/mol. The van der Waals surface area contributed by atoms with Crippen LogP contribution in [0.15, 0.2) is 18.2 Å². The zero-order valence-electron chi connectivity index (χ0n) is 9.00. The molecule has 1 aromatic carbocycles. The van der Waals surface area contributed by atoms with Gasteiger partial charge in [0, 0.05) is 11.6 Å². The summed E-state index contributed by atoms with van der Waals surface area (Å²) >= 11 is 0. The van der Waals surface area contributed by atoms with Crippen molar-refractivity contribution in [3.8, 4) is 5.75 Å². The lowest BCUT2D eigenvalue weighted by Gasteiger charge is -2.09. The molecule has 0 unspecified atom stereocenters. The minimum absolute atomic E-state index is 0.0302. The number of carbonyl (C=O) groups excluding carboxylic acids is 1. The summed E-state index contributed by atoms with van der Waals surface area (Å²) in [7, 11) is 1.38.